The van der Waals surface area contributed by atoms with E-state index < -0.39 is 24.0 Å². The Morgan fingerprint density at radius 1 is 1.38 bits per heavy atom. The molecule has 21 heavy (non-hydrogen) atoms. The van der Waals surface area contributed by atoms with Gasteiger partial charge in [0.2, 0.25) is 0 Å². The molecule has 6 nitrogen and oxygen atoms in total. The summed E-state index contributed by atoms with van der Waals surface area (Å²) in [6.45, 7) is -0.266. The highest BCUT2D eigenvalue weighted by molar-refractivity contribution is 9.11. The highest BCUT2D eigenvalue weighted by Gasteiger charge is 2.38. The third kappa shape index (κ3) is 3.96. The smallest absolute Gasteiger partial charge is 0.326 e. The molecule has 8 heteroatoms. The van der Waals surface area contributed by atoms with Gasteiger partial charge in [-0.25, -0.2) is 4.79 Å². The van der Waals surface area contributed by atoms with Gasteiger partial charge in [0.15, 0.2) is 6.61 Å². The lowest BCUT2D eigenvalue weighted by Crippen LogP contribution is -2.42. The Bertz CT molecular complexity index is 565. The van der Waals surface area contributed by atoms with E-state index in [9.17, 15) is 14.7 Å². The normalized spacial score (nSPS) is 21.4. The van der Waals surface area contributed by atoms with Gasteiger partial charge in [-0.3, -0.25) is 4.79 Å². The first kappa shape index (κ1) is 16.3. The molecule has 1 aliphatic heterocycles. The Kier molecular flexibility index (Phi) is 5.23. The minimum absolute atomic E-state index is 0.0146. The summed E-state index contributed by atoms with van der Waals surface area (Å²) in [7, 11) is 0. The number of carbonyl (C=O) groups is 2. The van der Waals surface area contributed by atoms with E-state index in [4.69, 9.17) is 9.84 Å². The molecule has 1 fully saturated rings. The highest BCUT2D eigenvalue weighted by Crippen LogP contribution is 2.28. The minimum atomic E-state index is -1.12. The summed E-state index contributed by atoms with van der Waals surface area (Å²) in [6, 6.07) is 4.24. The van der Waals surface area contributed by atoms with Gasteiger partial charge in [-0.15, -0.1) is 0 Å². The summed E-state index contributed by atoms with van der Waals surface area (Å²) in [5, 5.41) is 18.6. The summed E-state index contributed by atoms with van der Waals surface area (Å²) in [5.74, 6) is -1.10. The molecule has 1 aromatic rings. The van der Waals surface area contributed by atoms with Crippen molar-refractivity contribution in [1.82, 2.24) is 4.90 Å². The van der Waals surface area contributed by atoms with Crippen molar-refractivity contribution in [3.05, 3.63) is 27.1 Å². The average Bonchev–Trinajstić information content (AvgIpc) is 2.80. The number of aliphatic hydroxyl groups is 1. The molecular weight excluding hydrogens is 410 g/mol. The van der Waals surface area contributed by atoms with Crippen LogP contribution in [0.5, 0.6) is 5.75 Å². The quantitative estimate of drug-likeness (QED) is 0.770. The SMILES string of the molecule is O=C(O)[C@@H]1C[C@H](O)CN1C(=O)COc1ccc(Br)cc1Br. The van der Waals surface area contributed by atoms with Crippen LogP contribution in [0.25, 0.3) is 0 Å². The molecular formula is C13H13Br2NO5. The average molecular weight is 423 g/mol. The lowest BCUT2D eigenvalue weighted by molar-refractivity contribution is -0.149. The van der Waals surface area contributed by atoms with E-state index in [-0.39, 0.29) is 19.6 Å². The van der Waals surface area contributed by atoms with Crippen LogP contribution in [0.15, 0.2) is 27.1 Å². The Balaban J connectivity index is 1.99. The Morgan fingerprint density at radius 3 is 2.71 bits per heavy atom. The predicted octanol–water partition coefficient (Wildman–Crippen LogP) is 1.64. The molecule has 2 rings (SSSR count). The van der Waals surface area contributed by atoms with Crippen molar-refractivity contribution in [3.63, 3.8) is 0 Å². The maximum absolute atomic E-state index is 12.1. The first-order chi connectivity index (χ1) is 9.88. The topological polar surface area (TPSA) is 87.1 Å². The van der Waals surface area contributed by atoms with Gasteiger partial charge in [0.05, 0.1) is 10.6 Å². The molecule has 1 aliphatic rings. The van der Waals surface area contributed by atoms with Crippen molar-refractivity contribution in [2.45, 2.75) is 18.6 Å². The molecule has 1 aromatic carbocycles. The number of carboxylic acids is 1. The van der Waals surface area contributed by atoms with Crippen molar-refractivity contribution >= 4 is 43.7 Å². The van der Waals surface area contributed by atoms with Crippen molar-refractivity contribution < 1.29 is 24.5 Å². The van der Waals surface area contributed by atoms with E-state index in [2.05, 4.69) is 31.9 Å². The van der Waals surface area contributed by atoms with Crippen LogP contribution in [0, 0.1) is 0 Å². The van der Waals surface area contributed by atoms with Crippen molar-refractivity contribution in [1.29, 1.82) is 0 Å². The third-order valence-electron chi connectivity index (χ3n) is 3.13. The van der Waals surface area contributed by atoms with E-state index in [0.29, 0.717) is 10.2 Å². The van der Waals surface area contributed by atoms with Gasteiger partial charge in [-0.05, 0) is 34.1 Å². The summed E-state index contributed by atoms with van der Waals surface area (Å²) >= 11 is 6.62. The van der Waals surface area contributed by atoms with Crippen LogP contribution in [0.3, 0.4) is 0 Å². The fourth-order valence-electron chi connectivity index (χ4n) is 2.14. The van der Waals surface area contributed by atoms with Crippen LogP contribution in [-0.4, -0.2) is 52.3 Å². The number of carboxylic acid groups (broad SMARTS) is 1. The number of hydrogen-bond acceptors (Lipinski definition) is 4. The molecule has 0 spiro atoms. The van der Waals surface area contributed by atoms with Crippen molar-refractivity contribution in [2.24, 2.45) is 0 Å². The largest absolute Gasteiger partial charge is 0.483 e. The van der Waals surface area contributed by atoms with E-state index in [1.54, 1.807) is 18.2 Å². The number of carbonyl (C=O) groups excluding carboxylic acids is 1. The van der Waals surface area contributed by atoms with Crippen LogP contribution >= 0.6 is 31.9 Å². The van der Waals surface area contributed by atoms with Gasteiger partial charge in [-0.2, -0.15) is 0 Å². The summed E-state index contributed by atoms with van der Waals surface area (Å²) in [5.41, 5.74) is 0. The predicted molar refractivity (Wildman–Crippen MR) is 81.1 cm³/mol. The highest BCUT2D eigenvalue weighted by atomic mass is 79.9. The standard InChI is InChI=1S/C13H13Br2NO5/c14-7-1-2-11(9(15)3-7)21-6-12(18)16-5-8(17)4-10(16)13(19)20/h1-3,8,10,17H,4-6H2,(H,19,20)/t8-,10-/m0/s1. The van der Waals surface area contributed by atoms with Crippen LogP contribution in [-0.2, 0) is 9.59 Å². The molecule has 0 saturated carbocycles. The first-order valence-corrected chi connectivity index (χ1v) is 7.75. The number of rotatable bonds is 4. The van der Waals surface area contributed by atoms with E-state index in [1.165, 1.54) is 0 Å². The number of benzene rings is 1. The van der Waals surface area contributed by atoms with Crippen LogP contribution in [0.4, 0.5) is 0 Å². The zero-order chi connectivity index (χ0) is 15.6. The zero-order valence-corrected chi connectivity index (χ0v) is 14.0. The fourth-order valence-corrected chi connectivity index (χ4v) is 3.30. The van der Waals surface area contributed by atoms with Crippen molar-refractivity contribution in [3.8, 4) is 5.75 Å². The molecule has 1 heterocycles. The maximum atomic E-state index is 12.1. The molecule has 0 unspecified atom stereocenters. The van der Waals surface area contributed by atoms with E-state index >= 15 is 0 Å². The number of aliphatic hydroxyl groups excluding tert-OH is 1. The van der Waals surface area contributed by atoms with E-state index in [0.717, 1.165) is 9.37 Å². The number of β-amino-alcohol motifs (C(OH)–C–C–N with tert-alkyl or cyclic N) is 1. The second-order valence-corrected chi connectivity index (χ2v) is 6.42. The van der Waals surface area contributed by atoms with Crippen molar-refractivity contribution in [2.75, 3.05) is 13.2 Å². The first-order valence-electron chi connectivity index (χ1n) is 6.16. The summed E-state index contributed by atoms with van der Waals surface area (Å²) in [6.07, 6.45) is -0.766. The molecule has 2 N–H and O–H groups in total. The van der Waals surface area contributed by atoms with Gasteiger partial charge < -0.3 is 19.8 Å². The zero-order valence-electron chi connectivity index (χ0n) is 10.8. The Labute approximate surface area is 138 Å². The summed E-state index contributed by atoms with van der Waals surface area (Å²) in [4.78, 5) is 24.3. The Morgan fingerprint density at radius 2 is 2.10 bits per heavy atom. The second kappa shape index (κ2) is 6.76. The second-order valence-electron chi connectivity index (χ2n) is 4.65. The number of likely N-dealkylation sites (tertiary alicyclic amines) is 1. The molecule has 2 atom stereocenters. The number of amides is 1. The molecule has 0 aromatic heterocycles. The number of nitrogens with zero attached hydrogens (tertiary/aromatic N) is 1. The maximum Gasteiger partial charge on any atom is 0.326 e. The lowest BCUT2D eigenvalue weighted by atomic mass is 10.2. The molecule has 0 bridgehead atoms. The third-order valence-corrected chi connectivity index (χ3v) is 4.24. The van der Waals surface area contributed by atoms with Gasteiger partial charge in [-0.1, -0.05) is 15.9 Å². The fraction of sp³-hybridized carbons (Fsp3) is 0.385. The molecule has 0 radical (unpaired) electrons. The molecule has 1 amide bonds. The van der Waals surface area contributed by atoms with Gasteiger partial charge in [0.1, 0.15) is 11.8 Å². The number of aliphatic carboxylic acids is 1. The number of ether oxygens (including phenoxy) is 1. The van der Waals surface area contributed by atoms with E-state index in [1.807, 2.05) is 0 Å². The van der Waals surface area contributed by atoms with Crippen LogP contribution in [0.1, 0.15) is 6.42 Å². The van der Waals surface area contributed by atoms with Crippen LogP contribution in [0.2, 0.25) is 0 Å². The molecule has 1 saturated heterocycles. The van der Waals surface area contributed by atoms with Crippen LogP contribution < -0.4 is 4.74 Å². The molecule has 0 aliphatic carbocycles. The Hall–Kier alpha value is -1.12. The van der Waals surface area contributed by atoms with Gasteiger partial charge in [0.25, 0.3) is 5.91 Å². The number of hydrogen-bond donors (Lipinski definition) is 2. The monoisotopic (exact) mass is 421 g/mol. The molecule has 114 valence electrons. The lowest BCUT2D eigenvalue weighted by Gasteiger charge is -2.21. The van der Waals surface area contributed by atoms with Gasteiger partial charge >= 0.3 is 5.97 Å². The minimum Gasteiger partial charge on any atom is -0.483 e. The van der Waals surface area contributed by atoms with Gasteiger partial charge in [0, 0.05) is 17.4 Å². The number of halogens is 2. The summed E-state index contributed by atoms with van der Waals surface area (Å²) < 4.78 is 6.94.